The van der Waals surface area contributed by atoms with Crippen molar-refractivity contribution in [1.82, 2.24) is 9.78 Å². The monoisotopic (exact) mass is 339 g/mol. The number of nitrogens with one attached hydrogen (secondary N) is 1. The minimum Gasteiger partial charge on any atom is -0.497 e. The Hall–Kier alpha value is -3.48. The lowest BCUT2D eigenvalue weighted by Crippen LogP contribution is -2.25. The van der Waals surface area contributed by atoms with Gasteiger partial charge in [-0.15, -0.1) is 0 Å². The molecular weight excluding hydrogens is 325 g/mol. The summed E-state index contributed by atoms with van der Waals surface area (Å²) in [4.78, 5) is 24.3. The van der Waals surface area contributed by atoms with Crippen molar-refractivity contribution in [1.29, 1.82) is 0 Å². The highest BCUT2D eigenvalue weighted by Crippen LogP contribution is 2.15. The lowest BCUT2D eigenvalue weighted by Gasteiger charge is -2.08. The number of hydrogen-bond acceptors (Lipinski definition) is 4. The van der Waals surface area contributed by atoms with Gasteiger partial charge in [0.25, 0.3) is 5.91 Å². The number of carbonyl (C=O) groups is 1. The van der Waals surface area contributed by atoms with Gasteiger partial charge in [0.15, 0.2) is 5.69 Å². The van der Waals surface area contributed by atoms with Gasteiger partial charge in [-0.05, 0) is 48.5 Å². The van der Waals surface area contributed by atoms with E-state index in [1.807, 2.05) is 0 Å². The van der Waals surface area contributed by atoms with E-state index >= 15 is 0 Å². The van der Waals surface area contributed by atoms with Crippen molar-refractivity contribution in [2.24, 2.45) is 0 Å². The molecule has 0 unspecified atom stereocenters. The highest BCUT2D eigenvalue weighted by molar-refractivity contribution is 6.02. The van der Waals surface area contributed by atoms with Crippen LogP contribution >= 0.6 is 0 Å². The number of ether oxygens (including phenoxy) is 1. The van der Waals surface area contributed by atoms with Gasteiger partial charge in [-0.1, -0.05) is 0 Å². The number of aromatic nitrogens is 2. The Balaban J connectivity index is 1.87. The van der Waals surface area contributed by atoms with Crippen LogP contribution in [0.4, 0.5) is 10.1 Å². The average molecular weight is 339 g/mol. The molecule has 0 fully saturated rings. The molecule has 0 aliphatic rings. The van der Waals surface area contributed by atoms with Crippen molar-refractivity contribution >= 4 is 11.6 Å². The molecule has 1 heterocycles. The summed E-state index contributed by atoms with van der Waals surface area (Å²) in [6, 6.07) is 13.4. The lowest BCUT2D eigenvalue weighted by atomic mass is 10.2. The minimum absolute atomic E-state index is 0.261. The van der Waals surface area contributed by atoms with Crippen LogP contribution in [0.5, 0.6) is 5.75 Å². The molecule has 0 bridgehead atoms. The summed E-state index contributed by atoms with van der Waals surface area (Å²) in [5.41, 5.74) is 0.260. The molecule has 3 rings (SSSR count). The maximum atomic E-state index is 13.0. The van der Waals surface area contributed by atoms with Crippen molar-refractivity contribution in [3.05, 3.63) is 82.5 Å². The average Bonchev–Trinajstić information content (AvgIpc) is 2.63. The summed E-state index contributed by atoms with van der Waals surface area (Å²) >= 11 is 0. The number of amides is 1. The third kappa shape index (κ3) is 3.72. The lowest BCUT2D eigenvalue weighted by molar-refractivity contribution is 0.101. The second-order valence-electron chi connectivity index (χ2n) is 5.13. The normalized spacial score (nSPS) is 10.3. The first-order valence-electron chi connectivity index (χ1n) is 7.38. The second-order valence-corrected chi connectivity index (χ2v) is 5.13. The van der Waals surface area contributed by atoms with Gasteiger partial charge >= 0.3 is 0 Å². The number of nitrogens with zero attached hydrogens (tertiary/aromatic N) is 2. The van der Waals surface area contributed by atoms with Gasteiger partial charge in [-0.2, -0.15) is 5.10 Å². The van der Waals surface area contributed by atoms with E-state index < -0.39 is 11.3 Å². The van der Waals surface area contributed by atoms with E-state index in [0.717, 1.165) is 0 Å². The summed E-state index contributed by atoms with van der Waals surface area (Å²) in [6.45, 7) is 0. The van der Waals surface area contributed by atoms with Crippen LogP contribution in [-0.4, -0.2) is 22.8 Å². The first kappa shape index (κ1) is 16.4. The molecule has 6 nitrogen and oxygen atoms in total. The fourth-order valence-corrected chi connectivity index (χ4v) is 2.17. The molecule has 0 saturated carbocycles. The van der Waals surface area contributed by atoms with Gasteiger partial charge < -0.3 is 10.1 Å². The van der Waals surface area contributed by atoms with Gasteiger partial charge in [0.05, 0.1) is 12.8 Å². The molecule has 0 radical (unpaired) electrons. The third-order valence-electron chi connectivity index (χ3n) is 3.46. The van der Waals surface area contributed by atoms with Crippen LogP contribution < -0.4 is 15.5 Å². The van der Waals surface area contributed by atoms with Gasteiger partial charge in [0.2, 0.25) is 5.43 Å². The Labute approximate surface area is 142 Å². The van der Waals surface area contributed by atoms with E-state index in [1.54, 1.807) is 31.4 Å². The minimum atomic E-state index is -0.633. The van der Waals surface area contributed by atoms with Crippen LogP contribution in [0.15, 0.2) is 65.6 Å². The Morgan fingerprint density at radius 1 is 1.08 bits per heavy atom. The van der Waals surface area contributed by atoms with E-state index in [9.17, 15) is 14.0 Å². The van der Waals surface area contributed by atoms with E-state index in [-0.39, 0.29) is 11.5 Å². The number of hydrogen-bond donors (Lipinski definition) is 1. The standard InChI is InChI=1S/C18H14FN3O3/c1-25-15-8-4-13(5-9-15)20-18(24)17-16(23)10-11-22(21-17)14-6-2-12(19)3-7-14/h2-11H,1H3,(H,20,24). The van der Waals surface area contributed by atoms with Crippen molar-refractivity contribution in [2.45, 2.75) is 0 Å². The first-order chi connectivity index (χ1) is 12.1. The molecule has 0 aliphatic heterocycles. The molecule has 0 spiro atoms. The number of carbonyl (C=O) groups excluding carboxylic acids is 1. The van der Waals surface area contributed by atoms with Crippen LogP contribution in [0.3, 0.4) is 0 Å². The predicted octanol–water partition coefficient (Wildman–Crippen LogP) is 2.63. The molecule has 3 aromatic rings. The van der Waals surface area contributed by atoms with Crippen LogP contribution in [-0.2, 0) is 0 Å². The highest BCUT2D eigenvalue weighted by Gasteiger charge is 2.14. The summed E-state index contributed by atoms with van der Waals surface area (Å²) in [5.74, 6) is -0.372. The Kier molecular flexibility index (Phi) is 4.56. The number of benzene rings is 2. The largest absolute Gasteiger partial charge is 0.497 e. The molecule has 7 heteroatoms. The van der Waals surface area contributed by atoms with E-state index in [4.69, 9.17) is 4.74 Å². The molecule has 1 N–H and O–H groups in total. The smallest absolute Gasteiger partial charge is 0.280 e. The Morgan fingerprint density at radius 2 is 1.76 bits per heavy atom. The SMILES string of the molecule is COc1ccc(NC(=O)c2nn(-c3ccc(F)cc3)ccc2=O)cc1. The van der Waals surface area contributed by atoms with E-state index in [1.165, 1.54) is 41.2 Å². The van der Waals surface area contributed by atoms with Gasteiger partial charge in [-0.25, -0.2) is 9.07 Å². The molecule has 25 heavy (non-hydrogen) atoms. The number of methoxy groups -OCH3 is 1. The Morgan fingerprint density at radius 3 is 2.40 bits per heavy atom. The molecule has 1 aromatic heterocycles. The third-order valence-corrected chi connectivity index (χ3v) is 3.46. The van der Waals surface area contributed by atoms with Gasteiger partial charge in [0, 0.05) is 18.0 Å². The van der Waals surface area contributed by atoms with Gasteiger partial charge in [-0.3, -0.25) is 9.59 Å². The maximum absolute atomic E-state index is 13.0. The van der Waals surface area contributed by atoms with Crippen LogP contribution in [0.2, 0.25) is 0 Å². The topological polar surface area (TPSA) is 73.2 Å². The zero-order chi connectivity index (χ0) is 17.8. The van der Waals surface area contributed by atoms with E-state index in [0.29, 0.717) is 17.1 Å². The van der Waals surface area contributed by atoms with Crippen molar-refractivity contribution < 1.29 is 13.9 Å². The fourth-order valence-electron chi connectivity index (χ4n) is 2.17. The number of anilines is 1. The number of halogens is 1. The first-order valence-corrected chi connectivity index (χ1v) is 7.38. The zero-order valence-electron chi connectivity index (χ0n) is 13.3. The quantitative estimate of drug-likeness (QED) is 0.793. The molecule has 126 valence electrons. The molecule has 2 aromatic carbocycles. The molecule has 1 amide bonds. The molecule has 0 saturated heterocycles. The van der Waals surface area contributed by atoms with Crippen molar-refractivity contribution in [3.63, 3.8) is 0 Å². The predicted molar refractivity (Wildman–Crippen MR) is 90.7 cm³/mol. The number of rotatable bonds is 4. The molecular formula is C18H14FN3O3. The zero-order valence-corrected chi connectivity index (χ0v) is 13.3. The summed E-state index contributed by atoms with van der Waals surface area (Å²) in [6.07, 6.45) is 1.42. The Bertz CT molecular complexity index is 951. The summed E-state index contributed by atoms with van der Waals surface area (Å²) in [7, 11) is 1.54. The molecule has 0 aliphatic carbocycles. The second kappa shape index (κ2) is 6.96. The van der Waals surface area contributed by atoms with E-state index in [2.05, 4.69) is 10.4 Å². The van der Waals surface area contributed by atoms with Crippen LogP contribution in [0.1, 0.15) is 10.5 Å². The van der Waals surface area contributed by atoms with Gasteiger partial charge in [0.1, 0.15) is 11.6 Å². The maximum Gasteiger partial charge on any atom is 0.280 e. The summed E-state index contributed by atoms with van der Waals surface area (Å²) < 4.78 is 19.4. The highest BCUT2D eigenvalue weighted by atomic mass is 19.1. The van der Waals surface area contributed by atoms with Crippen LogP contribution in [0, 0.1) is 5.82 Å². The van der Waals surface area contributed by atoms with Crippen molar-refractivity contribution in [2.75, 3.05) is 12.4 Å². The van der Waals surface area contributed by atoms with Crippen LogP contribution in [0.25, 0.3) is 5.69 Å². The van der Waals surface area contributed by atoms with Crippen molar-refractivity contribution in [3.8, 4) is 11.4 Å². The fraction of sp³-hybridized carbons (Fsp3) is 0.0556. The summed E-state index contributed by atoms with van der Waals surface area (Å²) in [5, 5.41) is 6.65. The molecule has 0 atom stereocenters.